The van der Waals surface area contributed by atoms with E-state index >= 15 is 0 Å². The van der Waals surface area contributed by atoms with Gasteiger partial charge in [-0.25, -0.2) is 22.6 Å². The van der Waals surface area contributed by atoms with Crippen LogP contribution in [0.2, 0.25) is 0 Å². The average molecular weight is 521 g/mol. The summed E-state index contributed by atoms with van der Waals surface area (Å²) in [6.07, 6.45) is 2.01. The summed E-state index contributed by atoms with van der Waals surface area (Å²) in [4.78, 5) is 32.5. The Balaban J connectivity index is 1.37. The fraction of sp³-hybridized carbons (Fsp3) is 0.435. The van der Waals surface area contributed by atoms with Crippen molar-refractivity contribution in [1.82, 2.24) is 19.1 Å². The van der Waals surface area contributed by atoms with Crippen LogP contribution in [-0.4, -0.2) is 95.6 Å². The molecule has 3 aliphatic heterocycles. The van der Waals surface area contributed by atoms with Crippen molar-refractivity contribution in [2.75, 3.05) is 32.8 Å². The second-order valence-corrected chi connectivity index (χ2v) is 10.7. The van der Waals surface area contributed by atoms with Crippen LogP contribution in [0.25, 0.3) is 0 Å². The highest BCUT2D eigenvalue weighted by Crippen LogP contribution is 2.38. The molecule has 1 aromatic heterocycles. The maximum atomic E-state index is 13.5. The molecule has 2 aromatic rings. The Morgan fingerprint density at radius 3 is 2.44 bits per heavy atom. The van der Waals surface area contributed by atoms with Gasteiger partial charge in [-0.3, -0.25) is 4.79 Å². The number of carboxylic acid groups (broad SMARTS) is 1. The molecule has 4 heterocycles. The number of sulfonamides is 1. The molecule has 1 N–H and O–H groups in total. The topological polar surface area (TPSA) is 130 Å². The number of aliphatic carboxylic acids is 1. The van der Waals surface area contributed by atoms with Gasteiger partial charge in [-0.05, 0) is 43.2 Å². The summed E-state index contributed by atoms with van der Waals surface area (Å²) >= 11 is 0. The van der Waals surface area contributed by atoms with E-state index in [0.717, 1.165) is 10.5 Å². The molecule has 0 saturated carbocycles. The Morgan fingerprint density at radius 2 is 1.81 bits per heavy atom. The van der Waals surface area contributed by atoms with Crippen molar-refractivity contribution in [2.45, 2.75) is 35.9 Å². The number of amides is 2. The number of carbonyl (C=O) groups excluding carboxylic acids is 1. The van der Waals surface area contributed by atoms with Gasteiger partial charge in [-0.1, -0.05) is 0 Å². The molecule has 0 spiro atoms. The minimum Gasteiger partial charge on any atom is -0.480 e. The van der Waals surface area contributed by atoms with Crippen LogP contribution < -0.4 is 4.74 Å². The predicted octanol–water partition coefficient (Wildman–Crippen LogP) is 1.76. The number of carbonyl (C=O) groups is 2. The van der Waals surface area contributed by atoms with Gasteiger partial charge < -0.3 is 24.4 Å². The third kappa shape index (κ3) is 4.49. The number of nitrogens with zero attached hydrogens (tertiary/aromatic N) is 4. The number of pyridine rings is 1. The van der Waals surface area contributed by atoms with Gasteiger partial charge in [0.05, 0.1) is 25.5 Å². The maximum Gasteiger partial charge on any atom is 0.324 e. The van der Waals surface area contributed by atoms with Crippen LogP contribution in [0.4, 0.5) is 9.18 Å². The number of aromatic nitrogens is 1. The quantitative estimate of drug-likeness (QED) is 0.631. The minimum atomic E-state index is -4.24. The molecule has 0 radical (unpaired) electrons. The summed E-state index contributed by atoms with van der Waals surface area (Å²) in [5.74, 6) is -1.32. The lowest BCUT2D eigenvalue weighted by molar-refractivity contribution is -0.144. The van der Waals surface area contributed by atoms with Crippen molar-refractivity contribution in [3.05, 3.63) is 48.4 Å². The van der Waals surface area contributed by atoms with Gasteiger partial charge in [0.1, 0.15) is 22.5 Å². The van der Waals surface area contributed by atoms with Gasteiger partial charge in [0.15, 0.2) is 0 Å². The Hall–Kier alpha value is -3.29. The third-order valence-corrected chi connectivity index (χ3v) is 8.55. The Bertz CT molecular complexity index is 1240. The van der Waals surface area contributed by atoms with Crippen LogP contribution in [0.1, 0.15) is 12.8 Å². The third-order valence-electron chi connectivity index (χ3n) is 6.72. The highest BCUT2D eigenvalue weighted by atomic mass is 32.2. The summed E-state index contributed by atoms with van der Waals surface area (Å²) in [5, 5.41) is 10.0. The van der Waals surface area contributed by atoms with Crippen molar-refractivity contribution in [1.29, 1.82) is 0 Å². The molecule has 1 aromatic carbocycles. The Kier molecular flexibility index (Phi) is 6.53. The summed E-state index contributed by atoms with van der Waals surface area (Å²) in [7, 11) is -4.24. The number of halogens is 1. The van der Waals surface area contributed by atoms with Crippen molar-refractivity contribution >= 4 is 22.0 Å². The average Bonchev–Trinajstić information content (AvgIpc) is 3.17. The molecule has 11 nitrogen and oxygen atoms in total. The number of hydrogen-bond acceptors (Lipinski definition) is 7. The summed E-state index contributed by atoms with van der Waals surface area (Å²) in [6, 6.07) is 4.98. The van der Waals surface area contributed by atoms with Crippen molar-refractivity contribution in [3.63, 3.8) is 0 Å². The zero-order valence-corrected chi connectivity index (χ0v) is 20.0. The molecule has 36 heavy (non-hydrogen) atoms. The summed E-state index contributed by atoms with van der Waals surface area (Å²) < 4.78 is 51.9. The lowest BCUT2D eigenvalue weighted by atomic mass is 10.1. The number of morpholine rings is 1. The molecule has 5 rings (SSSR count). The van der Waals surface area contributed by atoms with Gasteiger partial charge in [-0.2, -0.15) is 4.31 Å². The van der Waals surface area contributed by atoms with E-state index < -0.39 is 39.9 Å². The molecule has 2 amide bonds. The number of benzene rings is 1. The van der Waals surface area contributed by atoms with Crippen molar-refractivity contribution in [3.8, 4) is 11.6 Å². The van der Waals surface area contributed by atoms with E-state index in [1.165, 1.54) is 36.4 Å². The molecular formula is C23H25FN4O7S. The Morgan fingerprint density at radius 1 is 1.08 bits per heavy atom. The van der Waals surface area contributed by atoms with E-state index in [2.05, 4.69) is 4.98 Å². The van der Waals surface area contributed by atoms with E-state index in [0.29, 0.717) is 44.9 Å². The zero-order chi connectivity index (χ0) is 25.4. The predicted molar refractivity (Wildman–Crippen MR) is 122 cm³/mol. The van der Waals surface area contributed by atoms with Crippen LogP contribution in [0, 0.1) is 5.82 Å². The number of fused-ring (bicyclic) bond motifs is 2. The highest BCUT2D eigenvalue weighted by Gasteiger charge is 2.55. The standard InChI is InChI=1S/C23H25FN4O7S/c24-15-1-4-17(5-2-15)35-20-8-6-18(13-25-20)36(32,33)27-14-16-3-7-19(21(27)22(29)30)28(16)23(31)26-9-11-34-12-10-26/h1-2,4-6,8,13,16,19,21H,3,7,9-12,14H2,(H,29,30)/t16-,19+,21-/m1/s1. The normalized spacial score (nSPS) is 24.5. The SMILES string of the molecule is O=C(O)[C@H]1[C@@H]2CC[C@H](CN1S(=O)(=O)c1ccc(Oc3ccc(F)cc3)nc1)N2C(=O)N1CCOCC1. The van der Waals surface area contributed by atoms with E-state index in [4.69, 9.17) is 9.47 Å². The first-order chi connectivity index (χ1) is 17.3. The molecule has 3 fully saturated rings. The molecule has 192 valence electrons. The van der Waals surface area contributed by atoms with Crippen molar-refractivity contribution < 1.29 is 37.0 Å². The van der Waals surface area contributed by atoms with Gasteiger partial charge in [0.25, 0.3) is 0 Å². The fourth-order valence-corrected chi connectivity index (χ4v) is 6.60. The van der Waals surface area contributed by atoms with Crippen LogP contribution in [0.3, 0.4) is 0 Å². The molecule has 0 aliphatic carbocycles. The van der Waals surface area contributed by atoms with Gasteiger partial charge >= 0.3 is 12.0 Å². The molecule has 3 atom stereocenters. The van der Waals surface area contributed by atoms with Crippen molar-refractivity contribution in [2.24, 2.45) is 0 Å². The molecule has 0 unspecified atom stereocenters. The first-order valence-electron chi connectivity index (χ1n) is 11.5. The minimum absolute atomic E-state index is 0.0938. The van der Waals surface area contributed by atoms with Crippen LogP contribution in [-0.2, 0) is 19.6 Å². The van der Waals surface area contributed by atoms with E-state index in [-0.39, 0.29) is 23.4 Å². The smallest absolute Gasteiger partial charge is 0.324 e. The number of carboxylic acids is 1. The second-order valence-electron chi connectivity index (χ2n) is 8.83. The first-order valence-corrected chi connectivity index (χ1v) is 13.0. The molecule has 3 saturated heterocycles. The van der Waals surface area contributed by atoms with Gasteiger partial charge in [0.2, 0.25) is 15.9 Å². The number of piperazine rings is 1. The number of ether oxygens (including phenoxy) is 2. The van der Waals surface area contributed by atoms with Crippen LogP contribution >= 0.6 is 0 Å². The number of hydrogen-bond donors (Lipinski definition) is 1. The number of rotatable bonds is 5. The summed E-state index contributed by atoms with van der Waals surface area (Å²) in [5.41, 5.74) is 0. The van der Waals surface area contributed by atoms with Crippen LogP contribution in [0.15, 0.2) is 47.5 Å². The second kappa shape index (κ2) is 9.64. The van der Waals surface area contributed by atoms with Gasteiger partial charge in [0, 0.05) is 31.7 Å². The largest absolute Gasteiger partial charge is 0.480 e. The van der Waals surface area contributed by atoms with Gasteiger partial charge in [-0.15, -0.1) is 0 Å². The fourth-order valence-electron chi connectivity index (χ4n) is 5.00. The monoisotopic (exact) mass is 520 g/mol. The maximum absolute atomic E-state index is 13.5. The number of urea groups is 1. The van der Waals surface area contributed by atoms with Crippen LogP contribution in [0.5, 0.6) is 11.6 Å². The molecule has 2 bridgehead atoms. The Labute approximate surface area is 207 Å². The lowest BCUT2D eigenvalue weighted by Gasteiger charge is -2.46. The molecule has 3 aliphatic rings. The molecular weight excluding hydrogens is 495 g/mol. The molecule has 13 heteroatoms. The first kappa shape index (κ1) is 24.4. The lowest BCUT2D eigenvalue weighted by Crippen LogP contribution is -2.66. The van der Waals surface area contributed by atoms with E-state index in [1.807, 2.05) is 0 Å². The van der Waals surface area contributed by atoms with E-state index in [1.54, 1.807) is 9.80 Å². The summed E-state index contributed by atoms with van der Waals surface area (Å²) in [6.45, 7) is 1.51. The highest BCUT2D eigenvalue weighted by molar-refractivity contribution is 7.89. The zero-order valence-electron chi connectivity index (χ0n) is 19.2. The van der Waals surface area contributed by atoms with E-state index in [9.17, 15) is 27.5 Å².